The van der Waals surface area contributed by atoms with Gasteiger partial charge in [0.25, 0.3) is 0 Å². The van der Waals surface area contributed by atoms with Gasteiger partial charge >= 0.3 is 5.97 Å². The lowest BCUT2D eigenvalue weighted by Gasteiger charge is -2.20. The summed E-state index contributed by atoms with van der Waals surface area (Å²) in [6, 6.07) is 1.34. The Morgan fingerprint density at radius 3 is 2.71 bits per heavy atom. The molecule has 21 heavy (non-hydrogen) atoms. The number of imidazole rings is 1. The van der Waals surface area contributed by atoms with Crippen LogP contribution in [0.1, 0.15) is 51.0 Å². The second kappa shape index (κ2) is 6.24. The molecular weight excluding hydrogens is 266 g/mol. The lowest BCUT2D eigenvalue weighted by molar-refractivity contribution is -0.142. The monoisotopic (exact) mass is 289 g/mol. The molecule has 0 fully saturated rings. The van der Waals surface area contributed by atoms with Gasteiger partial charge in [0.05, 0.1) is 0 Å². The van der Waals surface area contributed by atoms with E-state index in [9.17, 15) is 9.90 Å². The maximum atomic E-state index is 11.7. The van der Waals surface area contributed by atoms with Gasteiger partial charge < -0.3 is 5.11 Å². The Balaban J connectivity index is 2.63. The molecule has 0 amide bonds. The van der Waals surface area contributed by atoms with E-state index in [1.54, 1.807) is 6.20 Å². The second-order valence-corrected chi connectivity index (χ2v) is 5.88. The Hall–Kier alpha value is -1.91. The smallest absolute Gasteiger partial charge is 0.327 e. The molecule has 0 aliphatic rings. The van der Waals surface area contributed by atoms with Crippen LogP contribution in [0.3, 0.4) is 0 Å². The van der Waals surface area contributed by atoms with E-state index in [0.29, 0.717) is 5.65 Å². The van der Waals surface area contributed by atoms with Crippen LogP contribution in [0.25, 0.3) is 11.2 Å². The molecule has 0 aliphatic heterocycles. The van der Waals surface area contributed by atoms with Gasteiger partial charge in [0.2, 0.25) is 0 Å². The first-order chi connectivity index (χ1) is 9.95. The number of aromatic nitrogens is 3. The van der Waals surface area contributed by atoms with Gasteiger partial charge in [0, 0.05) is 12.6 Å². The Labute approximate surface area is 125 Å². The molecule has 5 heteroatoms. The number of unbranched alkanes of at least 4 members (excludes halogenated alkanes) is 1. The summed E-state index contributed by atoms with van der Waals surface area (Å²) in [5.41, 5.74) is 2.49. The van der Waals surface area contributed by atoms with E-state index in [1.807, 2.05) is 31.4 Å². The maximum Gasteiger partial charge on any atom is 0.327 e. The molecule has 2 heterocycles. The number of carbonyl (C=O) groups is 1. The van der Waals surface area contributed by atoms with Gasteiger partial charge in [-0.3, -0.25) is 4.57 Å². The number of rotatable bonds is 6. The Bertz CT molecular complexity index is 646. The molecule has 0 aromatic carbocycles. The first kappa shape index (κ1) is 15.5. The average Bonchev–Trinajstić information content (AvgIpc) is 2.73. The van der Waals surface area contributed by atoms with Gasteiger partial charge in [-0.1, -0.05) is 27.2 Å². The highest BCUT2D eigenvalue weighted by molar-refractivity contribution is 5.78. The first-order valence-corrected chi connectivity index (χ1v) is 7.52. The number of fused-ring (bicyclic) bond motifs is 1. The molecule has 114 valence electrons. The van der Waals surface area contributed by atoms with E-state index in [0.717, 1.165) is 36.2 Å². The van der Waals surface area contributed by atoms with E-state index < -0.39 is 12.0 Å². The lowest BCUT2D eigenvalue weighted by atomic mass is 10.0. The summed E-state index contributed by atoms with van der Waals surface area (Å²) in [5, 5.41) is 9.60. The highest BCUT2D eigenvalue weighted by Gasteiger charge is 2.28. The molecule has 2 rings (SSSR count). The first-order valence-electron chi connectivity index (χ1n) is 7.52. The summed E-state index contributed by atoms with van der Waals surface area (Å²) < 4.78 is 1.82. The lowest BCUT2D eigenvalue weighted by Crippen LogP contribution is -2.26. The summed E-state index contributed by atoms with van der Waals surface area (Å²) in [7, 11) is 0. The number of aryl methyl sites for hydroxylation is 2. The topological polar surface area (TPSA) is 68.0 Å². The molecule has 0 radical (unpaired) electrons. The van der Waals surface area contributed by atoms with Crippen molar-refractivity contribution < 1.29 is 9.90 Å². The van der Waals surface area contributed by atoms with Crippen LogP contribution >= 0.6 is 0 Å². The number of hydrogen-bond donors (Lipinski definition) is 1. The van der Waals surface area contributed by atoms with Gasteiger partial charge in [0.15, 0.2) is 5.65 Å². The average molecular weight is 289 g/mol. The Morgan fingerprint density at radius 1 is 1.43 bits per heavy atom. The zero-order valence-electron chi connectivity index (χ0n) is 13.1. The van der Waals surface area contributed by atoms with Crippen molar-refractivity contribution in [3.05, 3.63) is 23.7 Å². The summed E-state index contributed by atoms with van der Waals surface area (Å²) in [6.45, 7) is 7.92. The van der Waals surface area contributed by atoms with Crippen molar-refractivity contribution in [3.63, 3.8) is 0 Å². The van der Waals surface area contributed by atoms with Crippen molar-refractivity contribution in [3.8, 4) is 0 Å². The van der Waals surface area contributed by atoms with Gasteiger partial charge in [-0.05, 0) is 30.9 Å². The minimum atomic E-state index is -0.829. The van der Waals surface area contributed by atoms with Crippen LogP contribution < -0.4 is 0 Å². The van der Waals surface area contributed by atoms with E-state index >= 15 is 0 Å². The fourth-order valence-electron chi connectivity index (χ4n) is 2.63. The van der Waals surface area contributed by atoms with Crippen LogP contribution in [0.15, 0.2) is 12.3 Å². The Kier molecular flexibility index (Phi) is 4.60. The second-order valence-electron chi connectivity index (χ2n) is 5.88. The molecule has 5 nitrogen and oxygen atoms in total. The number of hydrogen-bond acceptors (Lipinski definition) is 3. The molecule has 0 aliphatic carbocycles. The standard InChI is InChI=1S/C16H23N3O2/c1-5-6-7-13-18-12-8-11(4)9-17-15(12)19(13)14(10(2)3)16(20)21/h8-10,14H,5-7H2,1-4H3,(H,20,21). The highest BCUT2D eigenvalue weighted by atomic mass is 16.4. The minimum Gasteiger partial charge on any atom is -0.480 e. The SMILES string of the molecule is CCCCc1nc2cc(C)cnc2n1C(C(=O)O)C(C)C. The van der Waals surface area contributed by atoms with E-state index in [2.05, 4.69) is 16.9 Å². The van der Waals surface area contributed by atoms with Crippen LogP contribution in [0, 0.1) is 12.8 Å². The third kappa shape index (κ3) is 3.06. The third-order valence-electron chi connectivity index (χ3n) is 3.66. The molecule has 0 bridgehead atoms. The van der Waals surface area contributed by atoms with Crippen molar-refractivity contribution in [2.75, 3.05) is 0 Å². The van der Waals surface area contributed by atoms with Gasteiger partial charge in [0.1, 0.15) is 17.4 Å². The molecular formula is C16H23N3O2. The number of pyridine rings is 1. The molecule has 0 saturated carbocycles. The van der Waals surface area contributed by atoms with Crippen LogP contribution in [-0.2, 0) is 11.2 Å². The van der Waals surface area contributed by atoms with Crippen molar-refractivity contribution in [2.24, 2.45) is 5.92 Å². The Morgan fingerprint density at radius 2 is 2.14 bits per heavy atom. The van der Waals surface area contributed by atoms with E-state index in [-0.39, 0.29) is 5.92 Å². The van der Waals surface area contributed by atoms with Crippen molar-refractivity contribution in [1.82, 2.24) is 14.5 Å². The van der Waals surface area contributed by atoms with E-state index in [4.69, 9.17) is 0 Å². The molecule has 0 spiro atoms. The quantitative estimate of drug-likeness (QED) is 0.885. The van der Waals surface area contributed by atoms with Gasteiger partial charge in [-0.15, -0.1) is 0 Å². The van der Waals surface area contributed by atoms with Crippen LogP contribution in [-0.4, -0.2) is 25.6 Å². The maximum absolute atomic E-state index is 11.7. The molecule has 1 unspecified atom stereocenters. The molecule has 2 aromatic heterocycles. The van der Waals surface area contributed by atoms with Crippen LogP contribution in [0.4, 0.5) is 0 Å². The van der Waals surface area contributed by atoms with Crippen molar-refractivity contribution in [2.45, 2.75) is 53.0 Å². The van der Waals surface area contributed by atoms with Crippen LogP contribution in [0.5, 0.6) is 0 Å². The predicted molar refractivity (Wildman–Crippen MR) is 82.4 cm³/mol. The fourth-order valence-corrected chi connectivity index (χ4v) is 2.63. The van der Waals surface area contributed by atoms with Gasteiger partial charge in [-0.2, -0.15) is 0 Å². The number of carboxylic acid groups (broad SMARTS) is 1. The molecule has 0 saturated heterocycles. The summed E-state index contributed by atoms with van der Waals surface area (Å²) in [5.74, 6) is -0.0288. The largest absolute Gasteiger partial charge is 0.480 e. The molecule has 1 N–H and O–H groups in total. The number of aliphatic carboxylic acids is 1. The normalized spacial score (nSPS) is 13.0. The van der Waals surface area contributed by atoms with Gasteiger partial charge in [-0.25, -0.2) is 14.8 Å². The predicted octanol–water partition coefficient (Wildman–Crippen LogP) is 3.36. The number of nitrogens with zero attached hydrogens (tertiary/aromatic N) is 3. The van der Waals surface area contributed by atoms with Crippen molar-refractivity contribution >= 4 is 17.1 Å². The fraction of sp³-hybridized carbons (Fsp3) is 0.562. The van der Waals surface area contributed by atoms with E-state index in [1.165, 1.54) is 0 Å². The zero-order chi connectivity index (χ0) is 15.6. The van der Waals surface area contributed by atoms with Crippen LogP contribution in [0.2, 0.25) is 0 Å². The van der Waals surface area contributed by atoms with Crippen molar-refractivity contribution in [1.29, 1.82) is 0 Å². The zero-order valence-corrected chi connectivity index (χ0v) is 13.1. The number of carboxylic acids is 1. The minimum absolute atomic E-state index is 0.0246. The molecule has 2 aromatic rings. The summed E-state index contributed by atoms with van der Waals surface area (Å²) in [4.78, 5) is 20.8. The molecule has 1 atom stereocenters. The summed E-state index contributed by atoms with van der Waals surface area (Å²) in [6.07, 6.45) is 4.59. The highest BCUT2D eigenvalue weighted by Crippen LogP contribution is 2.26. The third-order valence-corrected chi connectivity index (χ3v) is 3.66. The summed E-state index contributed by atoms with van der Waals surface area (Å²) >= 11 is 0.